The highest BCUT2D eigenvalue weighted by Crippen LogP contribution is 2.28. The normalized spacial score (nSPS) is 10.2. The molecule has 0 aliphatic heterocycles. The van der Waals surface area contributed by atoms with Crippen LogP contribution in [0.25, 0.3) is 0 Å². The second kappa shape index (κ2) is 9.78. The van der Waals surface area contributed by atoms with Crippen molar-refractivity contribution < 1.29 is 23.8 Å². The van der Waals surface area contributed by atoms with Crippen LogP contribution in [-0.4, -0.2) is 49.1 Å². The van der Waals surface area contributed by atoms with Crippen LogP contribution in [0.15, 0.2) is 36.5 Å². The molecule has 8 heteroatoms. The lowest BCUT2D eigenvalue weighted by Crippen LogP contribution is -2.34. The molecular formula is C19H21ClN2O5. The number of aromatic nitrogens is 1. The average molecular weight is 393 g/mol. The van der Waals surface area contributed by atoms with E-state index >= 15 is 0 Å². The van der Waals surface area contributed by atoms with Gasteiger partial charge in [0.1, 0.15) is 5.15 Å². The molecule has 0 atom stereocenters. The van der Waals surface area contributed by atoms with E-state index in [4.69, 9.17) is 25.8 Å². The summed E-state index contributed by atoms with van der Waals surface area (Å²) in [5.74, 6) is 0.179. The lowest BCUT2D eigenvalue weighted by atomic mass is 10.2. The molecule has 0 fully saturated rings. The van der Waals surface area contributed by atoms with Gasteiger partial charge in [-0.05, 0) is 36.8 Å². The van der Waals surface area contributed by atoms with E-state index in [1.165, 1.54) is 12.3 Å². The smallest absolute Gasteiger partial charge is 0.341 e. The third kappa shape index (κ3) is 5.34. The maximum absolute atomic E-state index is 12.4. The van der Waals surface area contributed by atoms with Gasteiger partial charge in [-0.25, -0.2) is 9.78 Å². The van der Waals surface area contributed by atoms with Crippen LogP contribution in [0, 0.1) is 0 Å². The Morgan fingerprint density at radius 1 is 1.15 bits per heavy atom. The van der Waals surface area contributed by atoms with Gasteiger partial charge < -0.3 is 19.1 Å². The van der Waals surface area contributed by atoms with Gasteiger partial charge in [0, 0.05) is 19.3 Å². The molecule has 144 valence electrons. The Morgan fingerprint density at radius 3 is 2.52 bits per heavy atom. The van der Waals surface area contributed by atoms with Crippen molar-refractivity contribution in [2.75, 3.05) is 27.4 Å². The third-order valence-electron chi connectivity index (χ3n) is 3.86. The number of benzene rings is 1. The Hall–Kier alpha value is -2.80. The SMILES string of the molecule is CCN(Cc1ccc(OC)c(OC)c1)C(=O)COC(=O)c1cccnc1Cl. The fourth-order valence-corrected chi connectivity index (χ4v) is 2.61. The summed E-state index contributed by atoms with van der Waals surface area (Å²) in [5, 5.41) is 0.0348. The Balaban J connectivity index is 1.99. The maximum Gasteiger partial charge on any atom is 0.341 e. The van der Waals surface area contributed by atoms with Crippen molar-refractivity contribution in [2.24, 2.45) is 0 Å². The topological polar surface area (TPSA) is 78.0 Å². The van der Waals surface area contributed by atoms with Gasteiger partial charge in [-0.3, -0.25) is 4.79 Å². The van der Waals surface area contributed by atoms with Crippen molar-refractivity contribution in [2.45, 2.75) is 13.5 Å². The van der Waals surface area contributed by atoms with E-state index in [0.717, 1.165) is 5.56 Å². The summed E-state index contributed by atoms with van der Waals surface area (Å²) in [7, 11) is 3.11. The Morgan fingerprint density at radius 2 is 1.89 bits per heavy atom. The van der Waals surface area contributed by atoms with Gasteiger partial charge in [0.25, 0.3) is 5.91 Å². The molecule has 0 aliphatic carbocycles. The molecule has 1 aromatic carbocycles. The molecular weight excluding hydrogens is 372 g/mol. The van der Waals surface area contributed by atoms with Gasteiger partial charge in [-0.15, -0.1) is 0 Å². The number of hydrogen-bond acceptors (Lipinski definition) is 6. The summed E-state index contributed by atoms with van der Waals surface area (Å²) in [6.07, 6.45) is 1.46. The van der Waals surface area contributed by atoms with Crippen LogP contribution in [-0.2, 0) is 16.1 Å². The van der Waals surface area contributed by atoms with Crippen LogP contribution < -0.4 is 9.47 Å². The standard InChI is InChI=1S/C19H21ClN2O5/c1-4-22(11-13-7-8-15(25-2)16(10-13)26-3)17(23)12-27-19(24)14-6-5-9-21-18(14)20/h5-10H,4,11-12H2,1-3H3. The number of likely N-dealkylation sites (N-methyl/N-ethyl adjacent to an activating group) is 1. The minimum atomic E-state index is -0.691. The maximum atomic E-state index is 12.4. The first-order chi connectivity index (χ1) is 13.0. The van der Waals surface area contributed by atoms with Gasteiger partial charge in [-0.2, -0.15) is 0 Å². The summed E-state index contributed by atoms with van der Waals surface area (Å²) in [6.45, 7) is 2.27. The highest BCUT2D eigenvalue weighted by atomic mass is 35.5. The summed E-state index contributed by atoms with van der Waals surface area (Å²) in [6, 6.07) is 8.48. The van der Waals surface area contributed by atoms with Crippen molar-refractivity contribution in [1.29, 1.82) is 0 Å². The molecule has 0 saturated carbocycles. The monoisotopic (exact) mass is 392 g/mol. The van der Waals surface area contributed by atoms with Gasteiger partial charge in [-0.1, -0.05) is 17.7 Å². The van der Waals surface area contributed by atoms with E-state index in [9.17, 15) is 9.59 Å². The zero-order valence-corrected chi connectivity index (χ0v) is 16.2. The van der Waals surface area contributed by atoms with Crippen LogP contribution in [0.5, 0.6) is 11.5 Å². The van der Waals surface area contributed by atoms with E-state index in [1.807, 2.05) is 13.0 Å². The number of esters is 1. The number of carbonyl (C=O) groups is 2. The van der Waals surface area contributed by atoms with Crippen molar-refractivity contribution in [1.82, 2.24) is 9.88 Å². The van der Waals surface area contributed by atoms with E-state index in [-0.39, 0.29) is 23.2 Å². The number of amides is 1. The Labute approximate surface area is 162 Å². The molecule has 0 N–H and O–H groups in total. The number of methoxy groups -OCH3 is 2. The summed E-state index contributed by atoms with van der Waals surface area (Å²) in [5.41, 5.74) is 0.986. The quantitative estimate of drug-likeness (QED) is 0.507. The van der Waals surface area contributed by atoms with Crippen LogP contribution in [0.4, 0.5) is 0 Å². The molecule has 2 rings (SSSR count). The van der Waals surface area contributed by atoms with Crippen molar-refractivity contribution in [3.05, 3.63) is 52.8 Å². The van der Waals surface area contributed by atoms with E-state index in [1.54, 1.807) is 37.3 Å². The first-order valence-corrected chi connectivity index (χ1v) is 8.64. The second-order valence-corrected chi connectivity index (χ2v) is 5.87. The number of hydrogen-bond donors (Lipinski definition) is 0. The third-order valence-corrected chi connectivity index (χ3v) is 4.16. The molecule has 0 bridgehead atoms. The number of carbonyl (C=O) groups excluding carboxylic acids is 2. The summed E-state index contributed by atoms with van der Waals surface area (Å²) in [4.78, 5) is 29.8. The van der Waals surface area contributed by atoms with Crippen molar-refractivity contribution in [3.8, 4) is 11.5 Å². The van der Waals surface area contributed by atoms with Crippen LogP contribution >= 0.6 is 11.6 Å². The highest BCUT2D eigenvalue weighted by Gasteiger charge is 2.18. The lowest BCUT2D eigenvalue weighted by molar-refractivity contribution is -0.134. The minimum absolute atomic E-state index is 0.0348. The van der Waals surface area contributed by atoms with Gasteiger partial charge in [0.15, 0.2) is 18.1 Å². The summed E-state index contributed by atoms with van der Waals surface area (Å²) >= 11 is 5.86. The van der Waals surface area contributed by atoms with Gasteiger partial charge >= 0.3 is 5.97 Å². The fourth-order valence-electron chi connectivity index (χ4n) is 2.41. The molecule has 0 spiro atoms. The lowest BCUT2D eigenvalue weighted by Gasteiger charge is -2.21. The second-order valence-electron chi connectivity index (χ2n) is 5.52. The molecule has 0 radical (unpaired) electrons. The first kappa shape index (κ1) is 20.5. The zero-order chi connectivity index (χ0) is 19.8. The van der Waals surface area contributed by atoms with Crippen molar-refractivity contribution >= 4 is 23.5 Å². The molecule has 0 aliphatic rings. The van der Waals surface area contributed by atoms with E-state index in [0.29, 0.717) is 24.6 Å². The molecule has 7 nitrogen and oxygen atoms in total. The van der Waals surface area contributed by atoms with E-state index in [2.05, 4.69) is 4.98 Å². The number of ether oxygens (including phenoxy) is 3. The minimum Gasteiger partial charge on any atom is -0.493 e. The van der Waals surface area contributed by atoms with Crippen LogP contribution in [0.3, 0.4) is 0 Å². The number of nitrogens with zero attached hydrogens (tertiary/aromatic N) is 2. The summed E-state index contributed by atoms with van der Waals surface area (Å²) < 4.78 is 15.6. The molecule has 1 heterocycles. The molecule has 27 heavy (non-hydrogen) atoms. The van der Waals surface area contributed by atoms with Crippen LogP contribution in [0.1, 0.15) is 22.8 Å². The number of pyridine rings is 1. The van der Waals surface area contributed by atoms with Gasteiger partial charge in [0.2, 0.25) is 0 Å². The predicted octanol–water partition coefficient (Wildman–Crippen LogP) is 2.96. The number of halogens is 1. The number of rotatable bonds is 8. The Bertz CT molecular complexity index is 812. The fraction of sp³-hybridized carbons (Fsp3) is 0.316. The van der Waals surface area contributed by atoms with Crippen molar-refractivity contribution in [3.63, 3.8) is 0 Å². The van der Waals surface area contributed by atoms with Crippen LogP contribution in [0.2, 0.25) is 5.15 Å². The zero-order valence-electron chi connectivity index (χ0n) is 15.4. The average Bonchev–Trinajstić information content (AvgIpc) is 2.70. The van der Waals surface area contributed by atoms with E-state index < -0.39 is 5.97 Å². The Kier molecular flexibility index (Phi) is 7.43. The molecule has 2 aromatic rings. The largest absolute Gasteiger partial charge is 0.493 e. The molecule has 0 unspecified atom stereocenters. The molecule has 1 aromatic heterocycles. The molecule has 0 saturated heterocycles. The highest BCUT2D eigenvalue weighted by molar-refractivity contribution is 6.32. The molecule has 1 amide bonds. The van der Waals surface area contributed by atoms with Gasteiger partial charge in [0.05, 0.1) is 19.8 Å². The predicted molar refractivity (Wildman–Crippen MR) is 100 cm³/mol. The first-order valence-electron chi connectivity index (χ1n) is 8.26.